The molecule has 2 aromatic carbocycles. The average Bonchev–Trinajstić information content (AvgIpc) is 2.84. The Morgan fingerprint density at radius 1 is 1.06 bits per heavy atom. The van der Waals surface area contributed by atoms with E-state index in [1.54, 1.807) is 0 Å². The van der Waals surface area contributed by atoms with Crippen LogP contribution in [-0.2, 0) is 4.79 Å². The lowest BCUT2D eigenvalue weighted by Gasteiger charge is -2.34. The fourth-order valence-electron chi connectivity index (χ4n) is 4.09. The Morgan fingerprint density at radius 2 is 1.82 bits per heavy atom. The van der Waals surface area contributed by atoms with E-state index in [-0.39, 0.29) is 17.8 Å². The summed E-state index contributed by atoms with van der Waals surface area (Å²) in [6.07, 6.45) is 5.78. The third kappa shape index (κ3) is 5.69. The molecule has 5 N–H and O–H groups in total. The molecule has 1 atom stereocenters. The zero-order chi connectivity index (χ0) is 23.9. The maximum Gasteiger partial charge on any atom is 0.328 e. The van der Waals surface area contributed by atoms with Gasteiger partial charge in [-0.15, -0.1) is 0 Å². The molecule has 0 aliphatic carbocycles. The number of benzene rings is 2. The Balaban J connectivity index is 1.48. The molecule has 9 heteroatoms. The Morgan fingerprint density at radius 3 is 2.62 bits per heavy atom. The predicted octanol–water partition coefficient (Wildman–Crippen LogP) is 4.18. The first kappa shape index (κ1) is 22.8. The number of nitrogens with one attached hydrogen (secondary N) is 2. The number of aliphatic carboxylic acids is 1. The van der Waals surface area contributed by atoms with E-state index in [4.69, 9.17) is 10.8 Å². The van der Waals surface area contributed by atoms with E-state index in [0.29, 0.717) is 23.6 Å². The van der Waals surface area contributed by atoms with Crippen LogP contribution in [0.25, 0.3) is 6.08 Å². The van der Waals surface area contributed by atoms with E-state index in [1.165, 1.54) is 12.4 Å². The summed E-state index contributed by atoms with van der Waals surface area (Å²) in [6, 6.07) is 16.8. The molecule has 2 amide bonds. The molecule has 0 bridgehead atoms. The lowest BCUT2D eigenvalue weighted by molar-refractivity contribution is -0.131. The Hall–Kier alpha value is -4.40. The normalized spacial score (nSPS) is 15.8. The van der Waals surface area contributed by atoms with Gasteiger partial charge in [0.05, 0.1) is 5.56 Å². The number of para-hydroxylation sites is 1. The van der Waals surface area contributed by atoms with Crippen molar-refractivity contribution in [2.45, 2.75) is 18.8 Å². The second-order valence-electron chi connectivity index (χ2n) is 8.02. The van der Waals surface area contributed by atoms with Gasteiger partial charge in [0.25, 0.3) is 0 Å². The molecule has 34 heavy (non-hydrogen) atoms. The van der Waals surface area contributed by atoms with Gasteiger partial charge in [-0.25, -0.2) is 19.6 Å². The Bertz CT molecular complexity index is 1200. The number of piperidine rings is 1. The summed E-state index contributed by atoms with van der Waals surface area (Å²) < 4.78 is 0. The number of nitrogen functional groups attached to an aromatic ring is 1. The van der Waals surface area contributed by atoms with Crippen LogP contribution in [-0.4, -0.2) is 40.2 Å². The number of carboxylic acid groups (broad SMARTS) is 1. The van der Waals surface area contributed by atoms with Crippen LogP contribution in [0.15, 0.2) is 67.0 Å². The minimum atomic E-state index is -1.06. The maximum atomic E-state index is 12.4. The Kier molecular flexibility index (Phi) is 7.02. The van der Waals surface area contributed by atoms with Gasteiger partial charge in [-0.1, -0.05) is 30.3 Å². The van der Waals surface area contributed by atoms with Gasteiger partial charge in [-0.3, -0.25) is 0 Å². The zero-order valence-corrected chi connectivity index (χ0v) is 18.5. The fourth-order valence-corrected chi connectivity index (χ4v) is 4.09. The minimum absolute atomic E-state index is 0.208. The van der Waals surface area contributed by atoms with E-state index in [2.05, 4.69) is 25.5 Å². The molecule has 1 saturated heterocycles. The van der Waals surface area contributed by atoms with Crippen LogP contribution in [0.5, 0.6) is 0 Å². The number of aromatic nitrogens is 2. The van der Waals surface area contributed by atoms with E-state index in [9.17, 15) is 9.59 Å². The summed E-state index contributed by atoms with van der Waals surface area (Å²) in [5.41, 5.74) is 9.04. The quantitative estimate of drug-likeness (QED) is 0.407. The van der Waals surface area contributed by atoms with Crippen LogP contribution in [0.4, 0.5) is 27.8 Å². The van der Waals surface area contributed by atoms with Crippen LogP contribution in [0.3, 0.4) is 0 Å². The van der Waals surface area contributed by atoms with Crippen molar-refractivity contribution in [1.29, 1.82) is 0 Å². The molecule has 174 valence electrons. The first-order valence-electron chi connectivity index (χ1n) is 11.0. The summed E-state index contributed by atoms with van der Waals surface area (Å²) in [6.45, 7) is 1.46. The van der Waals surface area contributed by atoms with Crippen molar-refractivity contribution in [1.82, 2.24) is 9.97 Å². The number of rotatable bonds is 6. The van der Waals surface area contributed by atoms with Gasteiger partial charge in [-0.2, -0.15) is 0 Å². The molecule has 9 nitrogen and oxygen atoms in total. The molecule has 0 radical (unpaired) electrons. The van der Waals surface area contributed by atoms with Gasteiger partial charge in [-0.05, 0) is 48.7 Å². The molecular weight excluding hydrogens is 432 g/mol. The van der Waals surface area contributed by atoms with Crippen molar-refractivity contribution < 1.29 is 14.7 Å². The van der Waals surface area contributed by atoms with Crippen molar-refractivity contribution in [2.75, 3.05) is 34.4 Å². The topological polar surface area (TPSA) is 133 Å². The first-order valence-corrected chi connectivity index (χ1v) is 11.0. The second-order valence-corrected chi connectivity index (χ2v) is 8.02. The number of hydrogen-bond acceptors (Lipinski definition) is 6. The second kappa shape index (κ2) is 10.5. The van der Waals surface area contributed by atoms with Gasteiger partial charge in [0.15, 0.2) is 0 Å². The standard InChI is InChI=1S/C25H26N6O3/c26-23-21(11-12-22(32)33)24(28-16-27-23)31-13-5-7-18(15-31)17-6-4-10-20(14-17)30-25(34)29-19-8-2-1-3-9-19/h1-4,6,8-12,14,16,18H,5,7,13,15H2,(H,32,33)(H2,26,27,28)(H2,29,30,34)/b12-11+. The summed E-state index contributed by atoms with van der Waals surface area (Å²) in [5.74, 6) is -0.00187. The molecular formula is C25H26N6O3. The number of carbonyl (C=O) groups excluding carboxylic acids is 1. The molecule has 1 fully saturated rings. The largest absolute Gasteiger partial charge is 0.478 e. The summed E-state index contributed by atoms with van der Waals surface area (Å²) >= 11 is 0. The number of carbonyl (C=O) groups is 2. The van der Waals surface area contributed by atoms with Crippen LogP contribution in [0, 0.1) is 0 Å². The van der Waals surface area contributed by atoms with E-state index in [1.807, 2.05) is 54.6 Å². The summed E-state index contributed by atoms with van der Waals surface area (Å²) in [7, 11) is 0. The van der Waals surface area contributed by atoms with Crippen molar-refractivity contribution in [3.8, 4) is 0 Å². The monoisotopic (exact) mass is 458 g/mol. The molecule has 3 aromatic rings. The highest BCUT2D eigenvalue weighted by Crippen LogP contribution is 2.33. The minimum Gasteiger partial charge on any atom is -0.478 e. The number of carboxylic acids is 1. The van der Waals surface area contributed by atoms with E-state index < -0.39 is 5.97 Å². The third-order valence-corrected chi connectivity index (χ3v) is 5.65. The van der Waals surface area contributed by atoms with Crippen molar-refractivity contribution in [3.63, 3.8) is 0 Å². The SMILES string of the molecule is Nc1ncnc(N2CCCC(c3cccc(NC(=O)Nc4ccccc4)c3)C2)c1/C=C/C(=O)O. The van der Waals surface area contributed by atoms with Crippen LogP contribution in [0.2, 0.25) is 0 Å². The molecule has 4 rings (SSSR count). The van der Waals surface area contributed by atoms with Crippen LogP contribution in [0.1, 0.15) is 29.9 Å². The zero-order valence-electron chi connectivity index (χ0n) is 18.5. The lowest BCUT2D eigenvalue weighted by Crippen LogP contribution is -2.35. The fraction of sp³-hybridized carbons (Fsp3) is 0.200. The van der Waals surface area contributed by atoms with Gasteiger partial charge in [0, 0.05) is 36.5 Å². The van der Waals surface area contributed by atoms with Gasteiger partial charge in [0.1, 0.15) is 18.0 Å². The molecule has 0 saturated carbocycles. The third-order valence-electron chi connectivity index (χ3n) is 5.65. The number of amides is 2. The first-order chi connectivity index (χ1) is 16.5. The highest BCUT2D eigenvalue weighted by molar-refractivity contribution is 5.99. The summed E-state index contributed by atoms with van der Waals surface area (Å²) in [4.78, 5) is 33.9. The number of nitrogens with two attached hydrogens (primary N) is 1. The van der Waals surface area contributed by atoms with Gasteiger partial charge >= 0.3 is 12.0 Å². The van der Waals surface area contributed by atoms with Crippen molar-refractivity contribution >= 4 is 41.1 Å². The number of urea groups is 1. The Labute approximate surface area is 197 Å². The average molecular weight is 459 g/mol. The van der Waals surface area contributed by atoms with Crippen molar-refractivity contribution in [2.24, 2.45) is 0 Å². The number of nitrogens with zero attached hydrogens (tertiary/aromatic N) is 3. The maximum absolute atomic E-state index is 12.4. The van der Waals surface area contributed by atoms with Crippen LogP contribution < -0.4 is 21.3 Å². The van der Waals surface area contributed by atoms with Gasteiger partial charge < -0.3 is 26.4 Å². The highest BCUT2D eigenvalue weighted by atomic mass is 16.4. The van der Waals surface area contributed by atoms with Crippen molar-refractivity contribution in [3.05, 3.63) is 78.1 Å². The molecule has 1 aromatic heterocycles. The van der Waals surface area contributed by atoms with E-state index >= 15 is 0 Å². The molecule has 2 heterocycles. The van der Waals surface area contributed by atoms with Gasteiger partial charge in [0.2, 0.25) is 0 Å². The highest BCUT2D eigenvalue weighted by Gasteiger charge is 2.25. The van der Waals surface area contributed by atoms with Crippen LogP contribution >= 0.6 is 0 Å². The molecule has 0 spiro atoms. The molecule has 1 aliphatic rings. The molecule has 1 aliphatic heterocycles. The summed E-state index contributed by atoms with van der Waals surface area (Å²) in [5, 5.41) is 14.7. The smallest absolute Gasteiger partial charge is 0.328 e. The lowest BCUT2D eigenvalue weighted by atomic mass is 9.90. The molecule has 1 unspecified atom stereocenters. The number of hydrogen-bond donors (Lipinski definition) is 4. The van der Waals surface area contributed by atoms with E-state index in [0.717, 1.165) is 36.7 Å². The number of anilines is 4. The predicted molar refractivity (Wildman–Crippen MR) is 133 cm³/mol.